The zero-order valence-corrected chi connectivity index (χ0v) is 15.8. The molecule has 3 amide bonds. The second-order valence-electron chi connectivity index (χ2n) is 6.85. The first kappa shape index (κ1) is 21.1. The number of aromatic nitrogens is 1. The van der Waals surface area contributed by atoms with Gasteiger partial charge in [0.25, 0.3) is 11.8 Å². The van der Waals surface area contributed by atoms with Crippen LogP contribution in [0.2, 0.25) is 0 Å². The van der Waals surface area contributed by atoms with Crippen molar-refractivity contribution in [1.29, 1.82) is 0 Å². The van der Waals surface area contributed by atoms with Crippen LogP contribution in [0.25, 0.3) is 0 Å². The van der Waals surface area contributed by atoms with E-state index in [-0.39, 0.29) is 17.1 Å². The summed E-state index contributed by atoms with van der Waals surface area (Å²) in [5.41, 5.74) is 2.69. The number of carbonyl (C=O) groups is 3. The number of hydrogen-bond acceptors (Lipinski definition) is 5. The molecule has 1 fully saturated rings. The van der Waals surface area contributed by atoms with Gasteiger partial charge in [-0.05, 0) is 49.7 Å². The molecule has 1 aliphatic heterocycles. The lowest BCUT2D eigenvalue weighted by atomic mass is 9.88. The van der Waals surface area contributed by atoms with Gasteiger partial charge in [-0.1, -0.05) is 0 Å². The average Bonchev–Trinajstić information content (AvgIpc) is 3.05. The van der Waals surface area contributed by atoms with Crippen molar-refractivity contribution in [3.05, 3.63) is 53.7 Å². The number of rotatable bonds is 4. The largest absolute Gasteiger partial charge is 0.416 e. The lowest BCUT2D eigenvalue weighted by Gasteiger charge is -2.20. The Morgan fingerprint density at radius 1 is 1.13 bits per heavy atom. The number of pyridine rings is 1. The van der Waals surface area contributed by atoms with E-state index in [1.165, 1.54) is 37.4 Å². The molecular weight excluding hydrogens is 403 g/mol. The summed E-state index contributed by atoms with van der Waals surface area (Å²) in [5, 5.41) is 5.33. The van der Waals surface area contributed by atoms with Crippen LogP contribution in [0.4, 0.5) is 24.7 Å². The summed E-state index contributed by atoms with van der Waals surface area (Å²) in [6, 6.07) is 7.13. The van der Waals surface area contributed by atoms with Crippen molar-refractivity contribution in [2.24, 2.45) is 5.41 Å². The standard InChI is InChI=1S/C19H18F3N5O3/c1-18(8-10-24-16(18)29)17(30)27-26-15(28)13-3-2-9-23-14(13)25-12-6-4-11(5-7-12)19(20,21)22/h2-7,9H,8,10H2,1H3,(H,23,25)(H,24,29)(H,26,28)(H,27,30). The van der Waals surface area contributed by atoms with E-state index in [4.69, 9.17) is 0 Å². The topological polar surface area (TPSA) is 112 Å². The van der Waals surface area contributed by atoms with E-state index in [1.807, 2.05) is 0 Å². The van der Waals surface area contributed by atoms with Gasteiger partial charge in [0.15, 0.2) is 0 Å². The summed E-state index contributed by atoms with van der Waals surface area (Å²) in [6.45, 7) is 1.83. The Hall–Kier alpha value is -3.63. The van der Waals surface area contributed by atoms with Gasteiger partial charge in [0.1, 0.15) is 11.2 Å². The van der Waals surface area contributed by atoms with Crippen molar-refractivity contribution in [2.75, 3.05) is 11.9 Å². The van der Waals surface area contributed by atoms with Gasteiger partial charge in [-0.25, -0.2) is 4.98 Å². The van der Waals surface area contributed by atoms with Crippen LogP contribution in [0.15, 0.2) is 42.6 Å². The SMILES string of the molecule is CC1(C(=O)NNC(=O)c2cccnc2Nc2ccc(C(F)(F)F)cc2)CCNC1=O. The van der Waals surface area contributed by atoms with E-state index >= 15 is 0 Å². The molecule has 0 radical (unpaired) electrons. The number of benzene rings is 1. The van der Waals surface area contributed by atoms with Crippen molar-refractivity contribution in [2.45, 2.75) is 19.5 Å². The number of alkyl halides is 3. The summed E-state index contributed by atoms with van der Waals surface area (Å²) >= 11 is 0. The van der Waals surface area contributed by atoms with Crippen LogP contribution in [0.3, 0.4) is 0 Å². The van der Waals surface area contributed by atoms with Gasteiger partial charge in [0, 0.05) is 18.4 Å². The molecule has 30 heavy (non-hydrogen) atoms. The molecule has 1 saturated heterocycles. The molecule has 3 rings (SSSR count). The molecule has 1 aromatic heterocycles. The quantitative estimate of drug-likeness (QED) is 0.446. The predicted octanol–water partition coefficient (Wildman–Crippen LogP) is 2.13. The first-order chi connectivity index (χ1) is 14.1. The van der Waals surface area contributed by atoms with Crippen molar-refractivity contribution in [3.63, 3.8) is 0 Å². The number of amides is 3. The predicted molar refractivity (Wildman–Crippen MR) is 100 cm³/mol. The highest BCUT2D eigenvalue weighted by Crippen LogP contribution is 2.30. The number of nitrogens with one attached hydrogen (secondary N) is 4. The Kier molecular flexibility index (Phi) is 5.63. The smallest absolute Gasteiger partial charge is 0.355 e. The normalized spacial score (nSPS) is 18.5. The Bertz CT molecular complexity index is 978. The van der Waals surface area contributed by atoms with Gasteiger partial charge < -0.3 is 10.6 Å². The van der Waals surface area contributed by atoms with E-state index < -0.39 is 34.9 Å². The fourth-order valence-corrected chi connectivity index (χ4v) is 2.84. The van der Waals surface area contributed by atoms with E-state index in [0.717, 1.165) is 12.1 Å². The minimum absolute atomic E-state index is 0.0405. The van der Waals surface area contributed by atoms with Gasteiger partial charge in [-0.2, -0.15) is 13.2 Å². The van der Waals surface area contributed by atoms with Crippen molar-refractivity contribution in [3.8, 4) is 0 Å². The minimum atomic E-state index is -4.46. The molecule has 0 aliphatic carbocycles. The molecule has 4 N–H and O–H groups in total. The van der Waals surface area contributed by atoms with E-state index in [0.29, 0.717) is 13.0 Å². The Morgan fingerprint density at radius 2 is 1.83 bits per heavy atom. The third-order valence-electron chi connectivity index (χ3n) is 4.73. The molecule has 1 aliphatic rings. The average molecular weight is 421 g/mol. The fourth-order valence-electron chi connectivity index (χ4n) is 2.84. The summed E-state index contributed by atoms with van der Waals surface area (Å²) < 4.78 is 38.1. The molecule has 0 saturated carbocycles. The van der Waals surface area contributed by atoms with Crippen LogP contribution < -0.4 is 21.5 Å². The lowest BCUT2D eigenvalue weighted by Crippen LogP contribution is -2.51. The summed E-state index contributed by atoms with van der Waals surface area (Å²) in [7, 11) is 0. The minimum Gasteiger partial charge on any atom is -0.355 e. The van der Waals surface area contributed by atoms with Crippen LogP contribution in [-0.2, 0) is 15.8 Å². The zero-order chi connectivity index (χ0) is 21.9. The number of anilines is 2. The van der Waals surface area contributed by atoms with Gasteiger partial charge in [-0.15, -0.1) is 0 Å². The summed E-state index contributed by atoms with van der Waals surface area (Å²) in [5.74, 6) is -1.73. The third kappa shape index (κ3) is 4.34. The van der Waals surface area contributed by atoms with Crippen molar-refractivity contribution in [1.82, 2.24) is 21.2 Å². The zero-order valence-electron chi connectivity index (χ0n) is 15.8. The Balaban J connectivity index is 1.69. The van der Waals surface area contributed by atoms with E-state index in [9.17, 15) is 27.6 Å². The van der Waals surface area contributed by atoms with Gasteiger partial charge >= 0.3 is 6.18 Å². The molecule has 11 heteroatoms. The molecule has 2 aromatic rings. The highest BCUT2D eigenvalue weighted by atomic mass is 19.4. The first-order valence-corrected chi connectivity index (χ1v) is 8.89. The van der Waals surface area contributed by atoms with E-state index in [1.54, 1.807) is 0 Å². The molecule has 8 nitrogen and oxygen atoms in total. The molecular formula is C19H18F3N5O3. The Morgan fingerprint density at radius 3 is 2.43 bits per heavy atom. The maximum Gasteiger partial charge on any atom is 0.416 e. The number of nitrogens with zero attached hydrogens (tertiary/aromatic N) is 1. The highest BCUT2D eigenvalue weighted by molar-refractivity contribution is 6.07. The number of halogens is 3. The second kappa shape index (κ2) is 8.01. The van der Waals surface area contributed by atoms with Crippen molar-refractivity contribution >= 4 is 29.2 Å². The molecule has 2 heterocycles. The fraction of sp³-hybridized carbons (Fsp3) is 0.263. The van der Waals surface area contributed by atoms with Crippen LogP contribution in [-0.4, -0.2) is 29.3 Å². The molecule has 0 bridgehead atoms. The van der Waals surface area contributed by atoms with Gasteiger partial charge in [-0.3, -0.25) is 25.2 Å². The lowest BCUT2D eigenvalue weighted by molar-refractivity contribution is -0.140. The van der Waals surface area contributed by atoms with Crippen LogP contribution in [0.1, 0.15) is 29.3 Å². The van der Waals surface area contributed by atoms with Crippen molar-refractivity contribution < 1.29 is 27.6 Å². The molecule has 1 atom stereocenters. The first-order valence-electron chi connectivity index (χ1n) is 8.89. The number of hydrogen-bond donors (Lipinski definition) is 4. The summed E-state index contributed by atoms with van der Waals surface area (Å²) in [6.07, 6.45) is -2.77. The molecule has 1 unspecified atom stereocenters. The maximum atomic E-state index is 12.7. The van der Waals surface area contributed by atoms with Gasteiger partial charge in [0.2, 0.25) is 5.91 Å². The Labute approximate surface area is 169 Å². The summed E-state index contributed by atoms with van der Waals surface area (Å²) in [4.78, 5) is 40.6. The van der Waals surface area contributed by atoms with E-state index in [2.05, 4.69) is 26.5 Å². The second-order valence-corrected chi connectivity index (χ2v) is 6.85. The van der Waals surface area contributed by atoms with Crippen LogP contribution >= 0.6 is 0 Å². The van der Waals surface area contributed by atoms with Crippen LogP contribution in [0, 0.1) is 5.41 Å². The molecule has 158 valence electrons. The van der Waals surface area contributed by atoms with Crippen LogP contribution in [0.5, 0.6) is 0 Å². The molecule has 0 spiro atoms. The molecule has 1 aromatic carbocycles. The maximum absolute atomic E-state index is 12.7. The van der Waals surface area contributed by atoms with Gasteiger partial charge in [0.05, 0.1) is 11.1 Å². The number of carbonyl (C=O) groups excluding carboxylic acids is 3. The highest BCUT2D eigenvalue weighted by Gasteiger charge is 2.44. The monoisotopic (exact) mass is 421 g/mol. The third-order valence-corrected chi connectivity index (χ3v) is 4.73. The number of hydrazine groups is 1.